The highest BCUT2D eigenvalue weighted by atomic mass is 19.4. The van der Waals surface area contributed by atoms with E-state index in [-0.39, 0.29) is 12.7 Å². The van der Waals surface area contributed by atoms with E-state index >= 15 is 0 Å². The molecule has 5 rings (SSSR count). The third kappa shape index (κ3) is 6.83. The van der Waals surface area contributed by atoms with Gasteiger partial charge in [0, 0.05) is 63.5 Å². The third-order valence-corrected chi connectivity index (χ3v) is 8.45. The summed E-state index contributed by atoms with van der Waals surface area (Å²) >= 11 is 0. The Morgan fingerprint density at radius 1 is 1.02 bits per heavy atom. The molecule has 2 aromatic rings. The number of hydrogen-bond acceptors (Lipinski definition) is 6. The lowest BCUT2D eigenvalue weighted by molar-refractivity contribution is -0.137. The van der Waals surface area contributed by atoms with Crippen LogP contribution in [0.5, 0.6) is 11.5 Å². The molecule has 3 aliphatic rings. The van der Waals surface area contributed by atoms with Crippen molar-refractivity contribution in [2.24, 2.45) is 5.92 Å². The Labute approximate surface area is 234 Å². The van der Waals surface area contributed by atoms with Crippen molar-refractivity contribution in [2.45, 2.75) is 57.9 Å². The molecular weight excluding hydrogens is 521 g/mol. The van der Waals surface area contributed by atoms with Crippen LogP contribution in [0.4, 0.5) is 18.9 Å². The molecule has 1 N–H and O–H groups in total. The summed E-state index contributed by atoms with van der Waals surface area (Å²) in [5.41, 5.74) is 0.989. The average Bonchev–Trinajstić information content (AvgIpc) is 3.42. The van der Waals surface area contributed by atoms with E-state index in [4.69, 9.17) is 9.47 Å². The molecule has 2 aromatic carbocycles. The van der Waals surface area contributed by atoms with Crippen molar-refractivity contribution in [3.63, 3.8) is 0 Å². The number of rotatable bonds is 8. The molecule has 2 saturated heterocycles. The van der Waals surface area contributed by atoms with Crippen molar-refractivity contribution < 1.29 is 27.4 Å². The van der Waals surface area contributed by atoms with Gasteiger partial charge in [0.25, 0.3) is 0 Å². The van der Waals surface area contributed by atoms with E-state index in [1.807, 2.05) is 23.1 Å². The highest BCUT2D eigenvalue weighted by molar-refractivity contribution is 5.75. The van der Waals surface area contributed by atoms with Crippen molar-refractivity contribution in [1.82, 2.24) is 15.1 Å². The first-order valence-corrected chi connectivity index (χ1v) is 14.2. The summed E-state index contributed by atoms with van der Waals surface area (Å²) in [6, 6.07) is 12.1. The smallest absolute Gasteiger partial charge is 0.416 e. The normalized spacial score (nSPS) is 22.1. The van der Waals surface area contributed by atoms with E-state index < -0.39 is 11.7 Å². The zero-order valence-electron chi connectivity index (χ0n) is 23.3. The highest BCUT2D eigenvalue weighted by Gasteiger charge is 2.36. The SMILES string of the molecule is CC(C)N1CC[C@@H](N2CCN(c3cccc(C(F)(F)F)c3)CC2)[C@@H](CCC(=O)NCc2ccc3c(c2)OCO3)C1. The maximum absolute atomic E-state index is 13.2. The van der Waals surface area contributed by atoms with Gasteiger partial charge >= 0.3 is 6.18 Å². The van der Waals surface area contributed by atoms with E-state index in [2.05, 4.69) is 29.0 Å². The van der Waals surface area contributed by atoms with Gasteiger partial charge in [-0.05, 0) is 75.0 Å². The maximum atomic E-state index is 13.2. The number of piperidine rings is 1. The second-order valence-corrected chi connectivity index (χ2v) is 11.3. The zero-order chi connectivity index (χ0) is 28.3. The topological polar surface area (TPSA) is 57.3 Å². The summed E-state index contributed by atoms with van der Waals surface area (Å²) in [6.07, 6.45) is -2.05. The lowest BCUT2D eigenvalue weighted by Gasteiger charge is -2.48. The van der Waals surface area contributed by atoms with Gasteiger partial charge in [0.2, 0.25) is 12.7 Å². The molecule has 3 heterocycles. The molecule has 0 unspecified atom stereocenters. The third-order valence-electron chi connectivity index (χ3n) is 8.45. The summed E-state index contributed by atoms with van der Waals surface area (Å²) in [5.74, 6) is 1.82. The van der Waals surface area contributed by atoms with E-state index in [9.17, 15) is 18.0 Å². The van der Waals surface area contributed by atoms with Gasteiger partial charge in [-0.15, -0.1) is 0 Å². The fourth-order valence-electron chi connectivity index (χ4n) is 6.13. The van der Waals surface area contributed by atoms with E-state index in [0.29, 0.717) is 55.5 Å². The largest absolute Gasteiger partial charge is 0.454 e. The second-order valence-electron chi connectivity index (χ2n) is 11.3. The first-order chi connectivity index (χ1) is 19.2. The maximum Gasteiger partial charge on any atom is 0.416 e. The summed E-state index contributed by atoms with van der Waals surface area (Å²) in [5, 5.41) is 3.05. The van der Waals surface area contributed by atoms with Crippen LogP contribution in [-0.2, 0) is 17.5 Å². The molecule has 0 radical (unpaired) electrons. The number of anilines is 1. The van der Waals surface area contributed by atoms with Crippen molar-refractivity contribution in [3.8, 4) is 11.5 Å². The average molecular weight is 561 g/mol. The summed E-state index contributed by atoms with van der Waals surface area (Å²) in [4.78, 5) is 19.8. The van der Waals surface area contributed by atoms with Crippen LogP contribution in [0.15, 0.2) is 42.5 Å². The van der Waals surface area contributed by atoms with E-state index in [1.54, 1.807) is 6.07 Å². The fourth-order valence-corrected chi connectivity index (χ4v) is 6.13. The first-order valence-electron chi connectivity index (χ1n) is 14.2. The Bertz CT molecular complexity index is 1170. The van der Waals surface area contributed by atoms with Crippen LogP contribution in [0.3, 0.4) is 0 Å². The quantitative estimate of drug-likeness (QED) is 0.503. The minimum absolute atomic E-state index is 0.0347. The Morgan fingerprint density at radius 2 is 1.80 bits per heavy atom. The first kappa shape index (κ1) is 28.5. The minimum Gasteiger partial charge on any atom is -0.454 e. The second kappa shape index (κ2) is 12.3. The number of hydrogen-bond donors (Lipinski definition) is 1. The van der Waals surface area contributed by atoms with Crippen LogP contribution >= 0.6 is 0 Å². The predicted molar refractivity (Wildman–Crippen MR) is 147 cm³/mol. The number of likely N-dealkylation sites (tertiary alicyclic amines) is 1. The van der Waals surface area contributed by atoms with Gasteiger partial charge in [0.15, 0.2) is 11.5 Å². The monoisotopic (exact) mass is 560 g/mol. The molecule has 1 amide bonds. The molecule has 0 saturated carbocycles. The van der Waals surface area contributed by atoms with Gasteiger partial charge in [-0.2, -0.15) is 13.2 Å². The molecule has 3 aliphatic heterocycles. The van der Waals surface area contributed by atoms with E-state index in [0.717, 1.165) is 56.4 Å². The number of amides is 1. The van der Waals surface area contributed by atoms with Gasteiger partial charge < -0.3 is 24.6 Å². The summed E-state index contributed by atoms with van der Waals surface area (Å²) in [7, 11) is 0. The lowest BCUT2D eigenvalue weighted by Crippen LogP contribution is -2.57. The Balaban J connectivity index is 1.15. The standard InChI is InChI=1S/C30H39F3N4O3/c1-21(2)37-11-10-26(36-14-12-35(13-15-36)25-5-3-4-24(17-25)30(31,32)33)23(19-37)7-9-29(38)34-18-22-6-8-27-28(16-22)40-20-39-27/h3-6,8,16-17,21,23,26H,7,9-15,18-20H2,1-2H3,(H,34,38)/t23-,26+/m0/s1. The van der Waals surface area contributed by atoms with Crippen LogP contribution in [0.2, 0.25) is 0 Å². The number of benzene rings is 2. The zero-order valence-corrected chi connectivity index (χ0v) is 23.3. The molecule has 2 fully saturated rings. The van der Waals surface area contributed by atoms with Crippen molar-refractivity contribution in [2.75, 3.05) is 51.0 Å². The Hall–Kier alpha value is -2.98. The van der Waals surface area contributed by atoms with Crippen LogP contribution < -0.4 is 19.7 Å². The molecule has 10 heteroatoms. The lowest BCUT2D eigenvalue weighted by atomic mass is 9.86. The molecule has 7 nitrogen and oxygen atoms in total. The minimum atomic E-state index is -4.34. The number of halogens is 3. The van der Waals surface area contributed by atoms with E-state index in [1.165, 1.54) is 12.1 Å². The molecular formula is C30H39F3N4O3. The van der Waals surface area contributed by atoms with Crippen LogP contribution in [0.1, 0.15) is 44.2 Å². The van der Waals surface area contributed by atoms with Crippen molar-refractivity contribution in [3.05, 3.63) is 53.6 Å². The van der Waals surface area contributed by atoms with Gasteiger partial charge in [0.1, 0.15) is 0 Å². The molecule has 0 bridgehead atoms. The number of piperazine rings is 1. The molecule has 0 aliphatic carbocycles. The number of ether oxygens (including phenoxy) is 2. The number of nitrogens with one attached hydrogen (secondary N) is 1. The van der Waals surface area contributed by atoms with Crippen molar-refractivity contribution in [1.29, 1.82) is 0 Å². The highest BCUT2D eigenvalue weighted by Crippen LogP contribution is 2.34. The number of fused-ring (bicyclic) bond motifs is 1. The Kier molecular flexibility index (Phi) is 8.75. The summed E-state index contributed by atoms with van der Waals surface area (Å²) < 4.78 is 50.4. The summed E-state index contributed by atoms with van der Waals surface area (Å²) in [6.45, 7) is 10.0. The molecule has 218 valence electrons. The number of nitrogens with zero attached hydrogens (tertiary/aromatic N) is 3. The van der Waals surface area contributed by atoms with Gasteiger partial charge in [-0.3, -0.25) is 9.69 Å². The van der Waals surface area contributed by atoms with Crippen LogP contribution in [0, 0.1) is 5.92 Å². The fraction of sp³-hybridized carbons (Fsp3) is 0.567. The predicted octanol–water partition coefficient (Wildman–Crippen LogP) is 4.75. The Morgan fingerprint density at radius 3 is 2.55 bits per heavy atom. The van der Waals surface area contributed by atoms with Gasteiger partial charge in [-0.1, -0.05) is 12.1 Å². The number of carbonyl (C=O) groups excluding carboxylic acids is 1. The molecule has 2 atom stereocenters. The van der Waals surface area contributed by atoms with Crippen LogP contribution in [-0.4, -0.2) is 73.9 Å². The van der Waals surface area contributed by atoms with Crippen molar-refractivity contribution >= 4 is 11.6 Å². The molecule has 0 spiro atoms. The number of alkyl halides is 3. The van der Waals surface area contributed by atoms with Crippen LogP contribution in [0.25, 0.3) is 0 Å². The molecule has 40 heavy (non-hydrogen) atoms. The molecule has 0 aromatic heterocycles. The number of carbonyl (C=O) groups is 1. The van der Waals surface area contributed by atoms with Gasteiger partial charge in [0.05, 0.1) is 5.56 Å². The van der Waals surface area contributed by atoms with Gasteiger partial charge in [-0.25, -0.2) is 0 Å².